The van der Waals surface area contributed by atoms with Crippen LogP contribution in [-0.4, -0.2) is 22.1 Å². The molecule has 2 rings (SSSR count). The maximum absolute atomic E-state index is 11.7. The summed E-state index contributed by atoms with van der Waals surface area (Å²) in [5.74, 6) is -0.197. The number of amides is 1. The topological polar surface area (TPSA) is 54.9 Å². The molecule has 0 unspecified atom stereocenters. The van der Waals surface area contributed by atoms with Crippen molar-refractivity contribution in [2.75, 3.05) is 0 Å². The van der Waals surface area contributed by atoms with E-state index in [0.717, 1.165) is 11.3 Å². The smallest absolute Gasteiger partial charge is 0.271 e. The molecule has 0 radical (unpaired) electrons. The summed E-state index contributed by atoms with van der Waals surface area (Å²) in [6, 6.07) is 13.3. The number of hydrogen-bond acceptors (Lipinski definition) is 3. The summed E-state index contributed by atoms with van der Waals surface area (Å²) in [7, 11) is 0. The molecule has 0 aliphatic carbocycles. The number of benzene rings is 1. The van der Waals surface area contributed by atoms with Crippen molar-refractivity contribution in [2.45, 2.75) is 19.9 Å². The third kappa shape index (κ3) is 2.91. The van der Waals surface area contributed by atoms with Gasteiger partial charge in [0.2, 0.25) is 0 Å². The minimum absolute atomic E-state index is 0.0908. The Labute approximate surface area is 106 Å². The Hall–Kier alpha value is -2.23. The molecule has 0 aliphatic rings. The fraction of sp³-hybridized carbons (Fsp3) is 0.214. The summed E-state index contributed by atoms with van der Waals surface area (Å²) < 4.78 is 0. The Morgan fingerprint density at radius 2 is 1.78 bits per heavy atom. The van der Waals surface area contributed by atoms with E-state index in [1.165, 1.54) is 0 Å². The second-order valence-electron chi connectivity index (χ2n) is 4.30. The van der Waals surface area contributed by atoms with Crippen LogP contribution < -0.4 is 5.32 Å². The standard InChI is InChI=1S/C14H15N3O/c1-10(2)15-14(18)13-9-8-12(16-17-13)11-6-4-3-5-7-11/h3-10H,1-2H3,(H,15,18). The normalized spacial score (nSPS) is 10.4. The maximum Gasteiger partial charge on any atom is 0.271 e. The number of nitrogens with one attached hydrogen (secondary N) is 1. The van der Waals surface area contributed by atoms with Crippen LogP contribution in [0.5, 0.6) is 0 Å². The highest BCUT2D eigenvalue weighted by atomic mass is 16.1. The molecule has 1 heterocycles. The summed E-state index contributed by atoms with van der Waals surface area (Å²) in [6.07, 6.45) is 0. The first-order valence-corrected chi connectivity index (χ1v) is 5.87. The van der Waals surface area contributed by atoms with Crippen molar-refractivity contribution in [1.82, 2.24) is 15.5 Å². The van der Waals surface area contributed by atoms with Crippen molar-refractivity contribution in [3.63, 3.8) is 0 Å². The largest absolute Gasteiger partial charge is 0.348 e. The van der Waals surface area contributed by atoms with E-state index in [1.807, 2.05) is 44.2 Å². The molecule has 4 nitrogen and oxygen atoms in total. The van der Waals surface area contributed by atoms with E-state index in [-0.39, 0.29) is 11.9 Å². The van der Waals surface area contributed by atoms with Crippen LogP contribution >= 0.6 is 0 Å². The van der Waals surface area contributed by atoms with Gasteiger partial charge in [-0.3, -0.25) is 4.79 Å². The maximum atomic E-state index is 11.7. The van der Waals surface area contributed by atoms with E-state index >= 15 is 0 Å². The molecule has 92 valence electrons. The van der Waals surface area contributed by atoms with E-state index in [9.17, 15) is 4.79 Å². The molecular formula is C14H15N3O. The Kier molecular flexibility index (Phi) is 3.67. The van der Waals surface area contributed by atoms with Crippen molar-refractivity contribution < 1.29 is 4.79 Å². The number of carbonyl (C=O) groups excluding carboxylic acids is 1. The Morgan fingerprint density at radius 1 is 1.06 bits per heavy atom. The molecule has 0 spiro atoms. The van der Waals surface area contributed by atoms with Crippen molar-refractivity contribution in [3.05, 3.63) is 48.2 Å². The van der Waals surface area contributed by atoms with Gasteiger partial charge >= 0.3 is 0 Å². The van der Waals surface area contributed by atoms with Crippen LogP contribution in [0.25, 0.3) is 11.3 Å². The van der Waals surface area contributed by atoms with Crippen LogP contribution in [0.2, 0.25) is 0 Å². The molecule has 18 heavy (non-hydrogen) atoms. The summed E-state index contributed by atoms with van der Waals surface area (Å²) in [5.41, 5.74) is 2.08. The molecule has 1 N–H and O–H groups in total. The molecule has 0 bridgehead atoms. The molecule has 1 amide bonds. The highest BCUT2D eigenvalue weighted by molar-refractivity contribution is 5.92. The molecule has 0 fully saturated rings. The number of rotatable bonds is 3. The monoisotopic (exact) mass is 241 g/mol. The quantitative estimate of drug-likeness (QED) is 0.897. The van der Waals surface area contributed by atoms with E-state index in [1.54, 1.807) is 12.1 Å². The SMILES string of the molecule is CC(C)NC(=O)c1ccc(-c2ccccc2)nn1. The lowest BCUT2D eigenvalue weighted by Crippen LogP contribution is -2.30. The number of hydrogen-bond donors (Lipinski definition) is 1. The average molecular weight is 241 g/mol. The highest BCUT2D eigenvalue weighted by Crippen LogP contribution is 2.14. The van der Waals surface area contributed by atoms with E-state index in [0.29, 0.717) is 5.69 Å². The first-order valence-electron chi connectivity index (χ1n) is 5.87. The molecule has 4 heteroatoms. The van der Waals surface area contributed by atoms with Gasteiger partial charge in [-0.1, -0.05) is 30.3 Å². The molecule has 1 aromatic heterocycles. The Morgan fingerprint density at radius 3 is 2.33 bits per heavy atom. The lowest BCUT2D eigenvalue weighted by atomic mass is 10.1. The average Bonchev–Trinajstić information content (AvgIpc) is 2.39. The number of aromatic nitrogens is 2. The zero-order valence-electron chi connectivity index (χ0n) is 10.4. The minimum Gasteiger partial charge on any atom is -0.348 e. The number of carbonyl (C=O) groups is 1. The van der Waals surface area contributed by atoms with Gasteiger partial charge in [0.05, 0.1) is 5.69 Å². The van der Waals surface area contributed by atoms with Crippen LogP contribution in [0, 0.1) is 0 Å². The number of nitrogens with zero attached hydrogens (tertiary/aromatic N) is 2. The van der Waals surface area contributed by atoms with Gasteiger partial charge in [-0.2, -0.15) is 0 Å². The van der Waals surface area contributed by atoms with Gasteiger partial charge < -0.3 is 5.32 Å². The second-order valence-corrected chi connectivity index (χ2v) is 4.30. The van der Waals surface area contributed by atoms with Gasteiger partial charge in [0.25, 0.3) is 5.91 Å². The van der Waals surface area contributed by atoms with Crippen molar-refractivity contribution in [3.8, 4) is 11.3 Å². The second kappa shape index (κ2) is 5.40. The predicted octanol–water partition coefficient (Wildman–Crippen LogP) is 2.28. The van der Waals surface area contributed by atoms with Crippen LogP contribution in [-0.2, 0) is 0 Å². The predicted molar refractivity (Wildman–Crippen MR) is 70.1 cm³/mol. The Balaban J connectivity index is 2.18. The molecule has 0 saturated carbocycles. The molecular weight excluding hydrogens is 226 g/mol. The van der Waals surface area contributed by atoms with Gasteiger partial charge in [-0.25, -0.2) is 0 Å². The van der Waals surface area contributed by atoms with E-state index < -0.39 is 0 Å². The van der Waals surface area contributed by atoms with E-state index in [2.05, 4.69) is 15.5 Å². The summed E-state index contributed by atoms with van der Waals surface area (Å²) >= 11 is 0. The first-order chi connectivity index (χ1) is 8.66. The fourth-order valence-electron chi connectivity index (χ4n) is 1.55. The third-order valence-corrected chi connectivity index (χ3v) is 2.39. The summed E-state index contributed by atoms with van der Waals surface area (Å²) in [5, 5.41) is 10.8. The van der Waals surface area contributed by atoms with Gasteiger partial charge in [0, 0.05) is 11.6 Å². The highest BCUT2D eigenvalue weighted by Gasteiger charge is 2.09. The van der Waals surface area contributed by atoms with Gasteiger partial charge in [0.1, 0.15) is 0 Å². The van der Waals surface area contributed by atoms with Gasteiger partial charge in [0.15, 0.2) is 5.69 Å². The van der Waals surface area contributed by atoms with Crippen molar-refractivity contribution in [1.29, 1.82) is 0 Å². The van der Waals surface area contributed by atoms with Crippen LogP contribution in [0.3, 0.4) is 0 Å². The van der Waals surface area contributed by atoms with E-state index in [4.69, 9.17) is 0 Å². The Bertz CT molecular complexity index is 520. The summed E-state index contributed by atoms with van der Waals surface area (Å²) in [6.45, 7) is 3.81. The van der Waals surface area contributed by atoms with Crippen molar-refractivity contribution in [2.24, 2.45) is 0 Å². The summed E-state index contributed by atoms with van der Waals surface area (Å²) in [4.78, 5) is 11.7. The van der Waals surface area contributed by atoms with Crippen molar-refractivity contribution >= 4 is 5.91 Å². The van der Waals surface area contributed by atoms with Gasteiger partial charge in [-0.05, 0) is 26.0 Å². The molecule has 2 aromatic rings. The molecule has 0 aliphatic heterocycles. The molecule has 0 saturated heterocycles. The fourth-order valence-corrected chi connectivity index (χ4v) is 1.55. The van der Waals surface area contributed by atoms with Crippen LogP contribution in [0.4, 0.5) is 0 Å². The van der Waals surface area contributed by atoms with Crippen LogP contribution in [0.15, 0.2) is 42.5 Å². The molecule has 1 aromatic carbocycles. The minimum atomic E-state index is -0.197. The van der Waals surface area contributed by atoms with Crippen LogP contribution in [0.1, 0.15) is 24.3 Å². The zero-order valence-corrected chi connectivity index (χ0v) is 10.4. The zero-order chi connectivity index (χ0) is 13.0. The van der Waals surface area contributed by atoms with Gasteiger partial charge in [-0.15, -0.1) is 10.2 Å². The lowest BCUT2D eigenvalue weighted by molar-refractivity contribution is 0.0937. The lowest BCUT2D eigenvalue weighted by Gasteiger charge is -2.07. The first kappa shape index (κ1) is 12.2. The molecule has 0 atom stereocenters. The third-order valence-electron chi connectivity index (χ3n) is 2.39.